The second kappa shape index (κ2) is 10.3. The Kier molecular flexibility index (Phi) is 6.99. The van der Waals surface area contributed by atoms with Crippen LogP contribution >= 0.6 is 15.9 Å². The summed E-state index contributed by atoms with van der Waals surface area (Å²) in [6.07, 6.45) is 2.89. The summed E-state index contributed by atoms with van der Waals surface area (Å²) in [5.74, 6) is 0.707. The Hall–Kier alpha value is -4.04. The maximum absolute atomic E-state index is 15.1. The number of hydrogen-bond acceptors (Lipinski definition) is 7. The van der Waals surface area contributed by atoms with E-state index in [1.165, 1.54) is 12.4 Å². The Balaban J connectivity index is 1.63. The van der Waals surface area contributed by atoms with Gasteiger partial charge in [0.05, 0.1) is 17.0 Å². The number of rotatable bonds is 3. The van der Waals surface area contributed by atoms with E-state index in [1.54, 1.807) is 46.0 Å². The van der Waals surface area contributed by atoms with Crippen LogP contribution in [-0.4, -0.2) is 61.8 Å². The number of carbonyl (C=O) groups is 1. The van der Waals surface area contributed by atoms with Crippen molar-refractivity contribution in [3.05, 3.63) is 64.9 Å². The first-order chi connectivity index (χ1) is 18.6. The molecule has 0 radical (unpaired) electrons. The number of pyridine rings is 1. The van der Waals surface area contributed by atoms with Crippen LogP contribution in [0, 0.1) is 17.1 Å². The van der Waals surface area contributed by atoms with Gasteiger partial charge >= 0.3 is 6.09 Å². The molecular weight excluding hydrogens is 565 g/mol. The van der Waals surface area contributed by atoms with Crippen LogP contribution in [-0.2, 0) is 4.74 Å². The molecule has 9 nitrogen and oxygen atoms in total. The van der Waals surface area contributed by atoms with Crippen LogP contribution in [0.2, 0.25) is 0 Å². The summed E-state index contributed by atoms with van der Waals surface area (Å²) in [7, 11) is 0. The Bertz CT molecular complexity index is 1610. The molecule has 1 aliphatic rings. The first kappa shape index (κ1) is 26.6. The lowest BCUT2D eigenvalue weighted by Gasteiger charge is -2.41. The number of nitrogens with zero attached hydrogens (tertiary/aromatic N) is 7. The Labute approximate surface area is 234 Å². The van der Waals surface area contributed by atoms with Crippen molar-refractivity contribution in [3.8, 4) is 23.0 Å². The topological polar surface area (TPSA) is 100 Å². The number of amides is 1. The van der Waals surface area contributed by atoms with Crippen molar-refractivity contribution in [2.24, 2.45) is 0 Å². The number of carbonyl (C=O) groups excluding carboxylic acids is 1. The van der Waals surface area contributed by atoms with Crippen molar-refractivity contribution in [3.63, 3.8) is 0 Å². The highest BCUT2D eigenvalue weighted by Crippen LogP contribution is 2.38. The summed E-state index contributed by atoms with van der Waals surface area (Å²) in [6.45, 7) is 8.93. The van der Waals surface area contributed by atoms with E-state index in [4.69, 9.17) is 4.74 Å². The number of anilines is 1. The van der Waals surface area contributed by atoms with Crippen molar-refractivity contribution >= 4 is 38.9 Å². The zero-order valence-corrected chi connectivity index (χ0v) is 23.6. The first-order valence-electron chi connectivity index (χ1n) is 12.5. The molecule has 11 heteroatoms. The van der Waals surface area contributed by atoms with Gasteiger partial charge in [0.2, 0.25) is 0 Å². The van der Waals surface area contributed by atoms with E-state index < -0.39 is 5.60 Å². The molecule has 1 amide bonds. The molecule has 5 rings (SSSR count). The minimum Gasteiger partial charge on any atom is -0.444 e. The van der Waals surface area contributed by atoms with Crippen molar-refractivity contribution in [1.82, 2.24) is 24.4 Å². The van der Waals surface area contributed by atoms with Crippen molar-refractivity contribution in [2.45, 2.75) is 39.3 Å². The molecule has 0 saturated carbocycles. The molecule has 1 saturated heterocycles. The van der Waals surface area contributed by atoms with E-state index >= 15 is 4.39 Å². The molecular formula is C28H27BrFN7O2. The lowest BCUT2D eigenvalue weighted by Crippen LogP contribution is -2.54. The van der Waals surface area contributed by atoms with Crippen LogP contribution < -0.4 is 4.90 Å². The largest absolute Gasteiger partial charge is 0.444 e. The number of benzene rings is 1. The van der Waals surface area contributed by atoms with E-state index in [0.29, 0.717) is 63.6 Å². The van der Waals surface area contributed by atoms with Gasteiger partial charge in [-0.1, -0.05) is 18.2 Å². The van der Waals surface area contributed by atoms with E-state index in [-0.39, 0.29) is 18.0 Å². The quantitative estimate of drug-likeness (QED) is 0.282. The van der Waals surface area contributed by atoms with E-state index in [9.17, 15) is 10.1 Å². The molecule has 0 unspecified atom stereocenters. The number of hydrogen-bond donors (Lipinski definition) is 0. The molecule has 0 aliphatic carbocycles. The fourth-order valence-corrected chi connectivity index (χ4v) is 5.19. The van der Waals surface area contributed by atoms with Crippen LogP contribution in [0.3, 0.4) is 0 Å². The molecule has 39 heavy (non-hydrogen) atoms. The molecule has 3 aromatic heterocycles. The van der Waals surface area contributed by atoms with Crippen molar-refractivity contribution in [1.29, 1.82) is 5.26 Å². The second-order valence-corrected chi connectivity index (χ2v) is 11.2. The van der Waals surface area contributed by atoms with Crippen LogP contribution in [0.1, 0.15) is 33.3 Å². The molecule has 1 aromatic carbocycles. The average Bonchev–Trinajstić information content (AvgIpc) is 3.27. The molecule has 0 spiro atoms. The highest BCUT2D eigenvalue weighted by atomic mass is 79.9. The monoisotopic (exact) mass is 591 g/mol. The second-order valence-electron chi connectivity index (χ2n) is 10.4. The van der Waals surface area contributed by atoms with Crippen LogP contribution in [0.5, 0.6) is 0 Å². The molecule has 4 heterocycles. The zero-order valence-electron chi connectivity index (χ0n) is 22.0. The van der Waals surface area contributed by atoms with Gasteiger partial charge in [-0.2, -0.15) is 5.26 Å². The lowest BCUT2D eigenvalue weighted by atomic mass is 10.0. The molecule has 1 atom stereocenters. The smallest absolute Gasteiger partial charge is 0.410 e. The molecule has 200 valence electrons. The molecule has 0 N–H and O–H groups in total. The number of piperazine rings is 1. The fraction of sp³-hybridized carbons (Fsp3) is 0.321. The van der Waals surface area contributed by atoms with Gasteiger partial charge in [-0.3, -0.25) is 4.57 Å². The Morgan fingerprint density at radius 2 is 1.95 bits per heavy atom. The minimum absolute atomic E-state index is 0.102. The average molecular weight is 592 g/mol. The molecule has 0 bridgehead atoms. The normalized spacial score (nSPS) is 15.9. The predicted octanol–water partition coefficient (Wildman–Crippen LogP) is 5.70. The molecule has 1 fully saturated rings. The van der Waals surface area contributed by atoms with Gasteiger partial charge in [0.1, 0.15) is 34.0 Å². The highest BCUT2D eigenvalue weighted by molar-refractivity contribution is 9.10. The number of aromatic nitrogens is 4. The van der Waals surface area contributed by atoms with Gasteiger partial charge in [-0.25, -0.2) is 24.1 Å². The highest BCUT2D eigenvalue weighted by Gasteiger charge is 2.32. The predicted molar refractivity (Wildman–Crippen MR) is 149 cm³/mol. The SMILES string of the molecule is C[C@H]1CN(C(=O)OC(C)(C)C)CCN1c1ncnc2c1c(-c1ccccc1F)cn2-c1cc(C#N)cc(Br)n1. The lowest BCUT2D eigenvalue weighted by molar-refractivity contribution is 0.0218. The third-order valence-electron chi connectivity index (χ3n) is 6.43. The summed E-state index contributed by atoms with van der Waals surface area (Å²) < 4.78 is 22.9. The number of halogens is 2. The van der Waals surface area contributed by atoms with Gasteiger partial charge in [0.15, 0.2) is 5.65 Å². The number of ether oxygens (including phenoxy) is 1. The zero-order chi connectivity index (χ0) is 27.9. The van der Waals surface area contributed by atoms with Gasteiger partial charge in [-0.05, 0) is 61.8 Å². The maximum atomic E-state index is 15.1. The number of fused-ring (bicyclic) bond motifs is 1. The minimum atomic E-state index is -0.584. The standard InChI is InChI=1S/C28H27BrFN7O2/c1-17-14-35(27(38)39-28(2,3)4)9-10-36(17)25-24-20(19-7-5-6-8-21(19)30)15-37(26(24)33-16-32-25)23-12-18(13-31)11-22(29)34-23/h5-8,11-12,15-17H,9-10,14H2,1-4H3/t17-/m0/s1. The third-order valence-corrected chi connectivity index (χ3v) is 6.84. The molecule has 4 aromatic rings. The van der Waals surface area contributed by atoms with Gasteiger partial charge in [-0.15, -0.1) is 0 Å². The fourth-order valence-electron chi connectivity index (χ4n) is 4.76. The summed E-state index contributed by atoms with van der Waals surface area (Å²) in [4.78, 5) is 30.3. The van der Waals surface area contributed by atoms with E-state index in [2.05, 4.69) is 41.9 Å². The van der Waals surface area contributed by atoms with E-state index in [0.717, 1.165) is 0 Å². The van der Waals surface area contributed by atoms with Crippen LogP contribution in [0.4, 0.5) is 15.0 Å². The first-order valence-corrected chi connectivity index (χ1v) is 13.3. The summed E-state index contributed by atoms with van der Waals surface area (Å²) in [5.41, 5.74) is 1.35. The van der Waals surface area contributed by atoms with Crippen LogP contribution in [0.15, 0.2) is 53.5 Å². The van der Waals surface area contributed by atoms with E-state index in [1.807, 2.05) is 27.7 Å². The van der Waals surface area contributed by atoms with Gasteiger partial charge < -0.3 is 14.5 Å². The van der Waals surface area contributed by atoms with Crippen molar-refractivity contribution < 1.29 is 13.9 Å². The summed E-state index contributed by atoms with van der Waals surface area (Å²) >= 11 is 3.38. The van der Waals surface area contributed by atoms with Crippen molar-refractivity contribution in [2.75, 3.05) is 24.5 Å². The Morgan fingerprint density at radius 3 is 2.64 bits per heavy atom. The molecule has 1 aliphatic heterocycles. The Morgan fingerprint density at radius 1 is 1.18 bits per heavy atom. The van der Waals surface area contributed by atoms with Crippen LogP contribution in [0.25, 0.3) is 28.0 Å². The van der Waals surface area contributed by atoms with Gasteiger partial charge in [0, 0.05) is 43.0 Å². The summed E-state index contributed by atoms with van der Waals surface area (Å²) in [6, 6.07) is 11.9. The maximum Gasteiger partial charge on any atom is 0.410 e. The number of nitriles is 1. The van der Waals surface area contributed by atoms with Gasteiger partial charge in [0.25, 0.3) is 0 Å². The third kappa shape index (κ3) is 5.29. The summed E-state index contributed by atoms with van der Waals surface area (Å²) in [5, 5.41) is 10.2.